The molecule has 0 amide bonds. The summed E-state index contributed by atoms with van der Waals surface area (Å²) < 4.78 is 0. The lowest BCUT2D eigenvalue weighted by Crippen LogP contribution is -2.25. The van der Waals surface area contributed by atoms with Crippen molar-refractivity contribution < 1.29 is 5.11 Å². The zero-order valence-electron chi connectivity index (χ0n) is 6.30. The molecule has 3 unspecified atom stereocenters. The first-order chi connectivity index (χ1) is 4.20. The molecule has 0 radical (unpaired) electrons. The van der Waals surface area contributed by atoms with Gasteiger partial charge in [-0.3, -0.25) is 0 Å². The maximum atomic E-state index is 9.35. The van der Waals surface area contributed by atoms with E-state index >= 15 is 0 Å². The van der Waals surface area contributed by atoms with E-state index in [1.807, 2.05) is 0 Å². The van der Waals surface area contributed by atoms with Crippen LogP contribution in [-0.2, 0) is 0 Å². The average Bonchev–Trinajstić information content (AvgIpc) is 1.80. The molecular formula is C8H16O. The fraction of sp³-hybridized carbons (Fsp3) is 1.00. The van der Waals surface area contributed by atoms with Crippen LogP contribution in [0.2, 0.25) is 0 Å². The molecule has 0 saturated heterocycles. The van der Waals surface area contributed by atoms with Gasteiger partial charge in [-0.2, -0.15) is 0 Å². The van der Waals surface area contributed by atoms with E-state index in [0.717, 1.165) is 12.3 Å². The monoisotopic (exact) mass is 128 g/mol. The molecule has 0 spiro atoms. The van der Waals surface area contributed by atoms with Crippen LogP contribution in [0, 0.1) is 11.8 Å². The minimum absolute atomic E-state index is 0.0197. The molecule has 1 aliphatic rings. The van der Waals surface area contributed by atoms with E-state index in [1.54, 1.807) is 0 Å². The van der Waals surface area contributed by atoms with Gasteiger partial charge in [0.2, 0.25) is 0 Å². The number of hydrogen-bond acceptors (Lipinski definition) is 1. The Morgan fingerprint density at radius 1 is 1.22 bits per heavy atom. The highest BCUT2D eigenvalue weighted by Gasteiger charge is 2.22. The maximum absolute atomic E-state index is 9.35. The first-order valence-corrected chi connectivity index (χ1v) is 3.88. The SMILES string of the molecule is CC1CCC(C)C(O)C1. The van der Waals surface area contributed by atoms with Crippen molar-refractivity contribution >= 4 is 0 Å². The summed E-state index contributed by atoms with van der Waals surface area (Å²) in [5.41, 5.74) is 0. The molecule has 54 valence electrons. The highest BCUT2D eigenvalue weighted by Crippen LogP contribution is 2.27. The van der Waals surface area contributed by atoms with Crippen molar-refractivity contribution in [3.8, 4) is 0 Å². The number of hydrogen-bond donors (Lipinski definition) is 1. The number of aliphatic hydroxyl groups is 1. The van der Waals surface area contributed by atoms with Gasteiger partial charge >= 0.3 is 0 Å². The van der Waals surface area contributed by atoms with E-state index in [9.17, 15) is 5.11 Å². The summed E-state index contributed by atoms with van der Waals surface area (Å²) in [6.45, 7) is 4.35. The second kappa shape index (κ2) is 2.70. The smallest absolute Gasteiger partial charge is 0.0568 e. The summed E-state index contributed by atoms with van der Waals surface area (Å²) in [6, 6.07) is 0. The normalized spacial score (nSPS) is 45.0. The van der Waals surface area contributed by atoms with Crippen LogP contribution in [0.4, 0.5) is 0 Å². The van der Waals surface area contributed by atoms with Crippen LogP contribution in [0.1, 0.15) is 33.1 Å². The zero-order chi connectivity index (χ0) is 6.85. The lowest BCUT2D eigenvalue weighted by molar-refractivity contribution is 0.0577. The minimum Gasteiger partial charge on any atom is -0.393 e. The van der Waals surface area contributed by atoms with Crippen molar-refractivity contribution in [2.24, 2.45) is 11.8 Å². The Morgan fingerprint density at radius 2 is 1.89 bits per heavy atom. The molecule has 1 heteroatoms. The van der Waals surface area contributed by atoms with Crippen molar-refractivity contribution in [2.45, 2.75) is 39.2 Å². The summed E-state index contributed by atoms with van der Waals surface area (Å²) in [7, 11) is 0. The van der Waals surface area contributed by atoms with Gasteiger partial charge in [0, 0.05) is 0 Å². The predicted molar refractivity (Wildman–Crippen MR) is 38.2 cm³/mol. The highest BCUT2D eigenvalue weighted by atomic mass is 16.3. The Morgan fingerprint density at radius 3 is 2.33 bits per heavy atom. The molecule has 1 rings (SSSR count). The van der Waals surface area contributed by atoms with Gasteiger partial charge in [0.05, 0.1) is 6.10 Å². The second-order valence-electron chi connectivity index (χ2n) is 3.46. The van der Waals surface area contributed by atoms with E-state index in [2.05, 4.69) is 13.8 Å². The molecule has 0 aromatic rings. The summed E-state index contributed by atoms with van der Waals surface area (Å²) in [5.74, 6) is 1.29. The Hall–Kier alpha value is -0.0400. The standard InChI is InChI=1S/C8H16O/c1-6-3-4-7(2)8(9)5-6/h6-9H,3-5H2,1-2H3. The predicted octanol–water partition coefficient (Wildman–Crippen LogP) is 1.80. The molecule has 0 heterocycles. The molecule has 1 N–H and O–H groups in total. The van der Waals surface area contributed by atoms with Crippen molar-refractivity contribution in [3.05, 3.63) is 0 Å². The van der Waals surface area contributed by atoms with E-state index < -0.39 is 0 Å². The molecule has 0 aliphatic heterocycles. The third kappa shape index (κ3) is 1.68. The summed E-state index contributed by atoms with van der Waals surface area (Å²) in [5, 5.41) is 9.35. The molecule has 1 nitrogen and oxygen atoms in total. The first-order valence-electron chi connectivity index (χ1n) is 3.88. The van der Waals surface area contributed by atoms with E-state index in [4.69, 9.17) is 0 Å². The maximum Gasteiger partial charge on any atom is 0.0568 e. The number of aliphatic hydroxyl groups excluding tert-OH is 1. The fourth-order valence-corrected chi connectivity index (χ4v) is 1.50. The van der Waals surface area contributed by atoms with Crippen LogP contribution in [0.25, 0.3) is 0 Å². The van der Waals surface area contributed by atoms with E-state index in [-0.39, 0.29) is 6.10 Å². The molecule has 1 fully saturated rings. The molecule has 0 bridgehead atoms. The fourth-order valence-electron chi connectivity index (χ4n) is 1.50. The Balaban J connectivity index is 2.35. The highest BCUT2D eigenvalue weighted by molar-refractivity contribution is 4.74. The topological polar surface area (TPSA) is 20.2 Å². The van der Waals surface area contributed by atoms with E-state index in [1.165, 1.54) is 12.8 Å². The third-order valence-corrected chi connectivity index (χ3v) is 2.42. The molecule has 9 heavy (non-hydrogen) atoms. The van der Waals surface area contributed by atoms with Gasteiger partial charge < -0.3 is 5.11 Å². The van der Waals surface area contributed by atoms with Crippen LogP contribution in [0.15, 0.2) is 0 Å². The Bertz CT molecular complexity index is 90.6. The van der Waals surface area contributed by atoms with Crippen LogP contribution < -0.4 is 0 Å². The van der Waals surface area contributed by atoms with Gasteiger partial charge in [-0.15, -0.1) is 0 Å². The van der Waals surface area contributed by atoms with Gasteiger partial charge in [0.15, 0.2) is 0 Å². The second-order valence-corrected chi connectivity index (χ2v) is 3.46. The lowest BCUT2D eigenvalue weighted by Gasteiger charge is -2.28. The summed E-state index contributed by atoms with van der Waals surface area (Å²) in [4.78, 5) is 0. The first kappa shape index (κ1) is 7.07. The molecule has 0 aromatic heterocycles. The van der Waals surface area contributed by atoms with Crippen LogP contribution in [0.5, 0.6) is 0 Å². The van der Waals surface area contributed by atoms with Crippen molar-refractivity contribution in [3.63, 3.8) is 0 Å². The molecule has 1 aliphatic carbocycles. The zero-order valence-corrected chi connectivity index (χ0v) is 6.30. The summed E-state index contributed by atoms with van der Waals surface area (Å²) >= 11 is 0. The van der Waals surface area contributed by atoms with Crippen molar-refractivity contribution in [1.82, 2.24) is 0 Å². The van der Waals surface area contributed by atoms with Gasteiger partial charge in [-0.1, -0.05) is 20.3 Å². The average molecular weight is 128 g/mol. The molecule has 0 aromatic carbocycles. The Labute approximate surface area is 57.1 Å². The third-order valence-electron chi connectivity index (χ3n) is 2.42. The van der Waals surface area contributed by atoms with Gasteiger partial charge in [0.25, 0.3) is 0 Å². The van der Waals surface area contributed by atoms with E-state index in [0.29, 0.717) is 5.92 Å². The quantitative estimate of drug-likeness (QED) is 0.527. The van der Waals surface area contributed by atoms with Gasteiger partial charge in [-0.05, 0) is 24.7 Å². The molecular weight excluding hydrogens is 112 g/mol. The lowest BCUT2D eigenvalue weighted by atomic mass is 9.82. The van der Waals surface area contributed by atoms with Crippen LogP contribution in [-0.4, -0.2) is 11.2 Å². The summed E-state index contributed by atoms with van der Waals surface area (Å²) in [6.07, 6.45) is 3.51. The van der Waals surface area contributed by atoms with Crippen LogP contribution in [0.3, 0.4) is 0 Å². The largest absolute Gasteiger partial charge is 0.393 e. The van der Waals surface area contributed by atoms with Gasteiger partial charge in [-0.25, -0.2) is 0 Å². The van der Waals surface area contributed by atoms with Crippen molar-refractivity contribution in [1.29, 1.82) is 0 Å². The Kier molecular flexibility index (Phi) is 2.12. The molecule has 1 saturated carbocycles. The minimum atomic E-state index is -0.0197. The van der Waals surface area contributed by atoms with Crippen LogP contribution >= 0.6 is 0 Å². The van der Waals surface area contributed by atoms with Gasteiger partial charge in [0.1, 0.15) is 0 Å². The number of rotatable bonds is 0. The van der Waals surface area contributed by atoms with Crippen molar-refractivity contribution in [2.75, 3.05) is 0 Å². The molecule has 3 atom stereocenters.